The zero-order chi connectivity index (χ0) is 33.5. The van der Waals surface area contributed by atoms with Gasteiger partial charge in [-0.25, -0.2) is 24.9 Å². The van der Waals surface area contributed by atoms with Crippen LogP contribution < -0.4 is 9.47 Å². The first-order valence-electron chi connectivity index (χ1n) is 16.2. The third kappa shape index (κ3) is 4.36. The fourth-order valence-electron chi connectivity index (χ4n) is 7.66. The molecule has 0 aliphatic carbocycles. The lowest BCUT2D eigenvalue weighted by Gasteiger charge is -2.34. The summed E-state index contributed by atoms with van der Waals surface area (Å²) in [5.74, 6) is 2.95. The molecule has 2 unspecified atom stereocenters. The van der Waals surface area contributed by atoms with Gasteiger partial charge in [-0.2, -0.15) is 4.39 Å². The molecule has 11 rings (SSSR count). The van der Waals surface area contributed by atoms with Gasteiger partial charge in [0.2, 0.25) is 5.95 Å². The van der Waals surface area contributed by atoms with E-state index in [9.17, 15) is 4.39 Å². The molecule has 2 atom stereocenters. The third-order valence-electron chi connectivity index (χ3n) is 9.85. The lowest BCUT2D eigenvalue weighted by molar-refractivity contribution is 0.0134. The molecule has 4 aliphatic heterocycles. The number of pyridine rings is 3. The summed E-state index contributed by atoms with van der Waals surface area (Å²) in [5.41, 5.74) is 5.94. The second kappa shape index (κ2) is 11.1. The Morgan fingerprint density at radius 3 is 1.84 bits per heavy atom. The van der Waals surface area contributed by atoms with Gasteiger partial charge in [0.15, 0.2) is 11.3 Å². The van der Waals surface area contributed by atoms with E-state index < -0.39 is 11.5 Å². The summed E-state index contributed by atoms with van der Waals surface area (Å²) in [5, 5.41) is 0. The van der Waals surface area contributed by atoms with Gasteiger partial charge in [0.05, 0.1) is 18.9 Å². The quantitative estimate of drug-likeness (QED) is 0.183. The molecule has 7 aromatic rings. The molecule has 0 radical (unpaired) electrons. The molecule has 0 N–H and O–H groups in total. The topological polar surface area (TPSA) is 111 Å². The number of ether oxygens (including phenoxy) is 4. The number of halogens is 2. The molecule has 0 saturated heterocycles. The van der Waals surface area contributed by atoms with Crippen molar-refractivity contribution in [1.82, 2.24) is 34.1 Å². The summed E-state index contributed by atoms with van der Waals surface area (Å²) in [4.78, 5) is 22.5. The summed E-state index contributed by atoms with van der Waals surface area (Å²) >= 11 is 3.46. The molecule has 2 aromatic carbocycles. The molecule has 0 amide bonds. The van der Waals surface area contributed by atoms with Gasteiger partial charge in [0, 0.05) is 29.0 Å². The van der Waals surface area contributed by atoms with Gasteiger partial charge in [-0.15, -0.1) is 0 Å². The molecule has 4 aliphatic rings. The SMILES string of the molecule is Brc1ccc2nc3n(c2n1)C1(COC3)COc2ccccc21.Fc1cc(-c2ccc3nc4n(c3n2)C2(COC4)COc3ccccc32)ccn1. The smallest absolute Gasteiger partial charge is 0.213 e. The van der Waals surface area contributed by atoms with Crippen molar-refractivity contribution < 1.29 is 23.3 Å². The highest BCUT2D eigenvalue weighted by Gasteiger charge is 2.48. The molecular weight excluding hydrogens is 705 g/mol. The molecule has 11 nitrogen and oxygen atoms in total. The van der Waals surface area contributed by atoms with Crippen molar-refractivity contribution >= 4 is 38.3 Å². The number of nitrogens with zero attached hydrogens (tertiary/aromatic N) is 7. The Kier molecular flexibility index (Phi) is 6.61. The number of aromatic nitrogens is 7. The predicted molar refractivity (Wildman–Crippen MR) is 183 cm³/mol. The second-order valence-corrected chi connectivity index (χ2v) is 13.5. The Morgan fingerprint density at radius 2 is 1.22 bits per heavy atom. The third-order valence-corrected chi connectivity index (χ3v) is 10.3. The Balaban J connectivity index is 0.000000130. The van der Waals surface area contributed by atoms with Gasteiger partial charge < -0.3 is 18.9 Å². The van der Waals surface area contributed by atoms with Gasteiger partial charge >= 0.3 is 0 Å². The van der Waals surface area contributed by atoms with Crippen molar-refractivity contribution in [2.24, 2.45) is 0 Å². The highest BCUT2D eigenvalue weighted by molar-refractivity contribution is 9.10. The number of hydrogen-bond donors (Lipinski definition) is 0. The van der Waals surface area contributed by atoms with Gasteiger partial charge in [-0.05, 0) is 58.4 Å². The molecule has 50 heavy (non-hydrogen) atoms. The summed E-state index contributed by atoms with van der Waals surface area (Å²) in [7, 11) is 0. The molecule has 0 fully saturated rings. The first-order chi connectivity index (χ1) is 24.5. The normalized spacial score (nSPS) is 21.2. The standard InChI is InChI=1S/C21H15FN4O2.C16H12BrN3O2/c22-18-9-13(7-8-23-18)15-5-6-16-20(25-15)26-19(24-16)10-27-11-21(26)12-28-17-4-2-1-3-14(17)21;17-13-6-5-11-15(19-13)20-14(18-11)7-21-8-16(20)9-22-12-4-2-1-3-10(12)16/h1-9H,10-12H2;1-6H,7-9H2. The molecule has 9 heterocycles. The summed E-state index contributed by atoms with van der Waals surface area (Å²) in [6.07, 6.45) is 1.44. The molecule has 13 heteroatoms. The van der Waals surface area contributed by atoms with Gasteiger partial charge in [0.25, 0.3) is 0 Å². The van der Waals surface area contributed by atoms with E-state index in [1.54, 1.807) is 6.07 Å². The van der Waals surface area contributed by atoms with E-state index in [4.69, 9.17) is 28.9 Å². The van der Waals surface area contributed by atoms with Crippen LogP contribution in [-0.4, -0.2) is 60.5 Å². The van der Waals surface area contributed by atoms with E-state index in [0.29, 0.717) is 50.9 Å². The van der Waals surface area contributed by atoms with E-state index in [2.05, 4.69) is 52.1 Å². The Labute approximate surface area is 292 Å². The zero-order valence-corrected chi connectivity index (χ0v) is 28.0. The van der Waals surface area contributed by atoms with Crippen LogP contribution in [0.1, 0.15) is 22.8 Å². The van der Waals surface area contributed by atoms with E-state index >= 15 is 0 Å². The molecular formula is C37H27BrFN7O4. The maximum Gasteiger partial charge on any atom is 0.213 e. The van der Waals surface area contributed by atoms with Crippen molar-refractivity contribution in [2.75, 3.05) is 26.4 Å². The first-order valence-corrected chi connectivity index (χ1v) is 17.0. The van der Waals surface area contributed by atoms with E-state index in [-0.39, 0.29) is 5.54 Å². The van der Waals surface area contributed by atoms with E-state index in [0.717, 1.165) is 61.2 Å². The summed E-state index contributed by atoms with van der Waals surface area (Å²) in [6.45, 7) is 2.96. The van der Waals surface area contributed by atoms with Gasteiger partial charge in [-0.3, -0.25) is 9.13 Å². The van der Waals surface area contributed by atoms with Crippen LogP contribution >= 0.6 is 15.9 Å². The van der Waals surface area contributed by atoms with Crippen LogP contribution in [0.15, 0.2) is 95.7 Å². The fourth-order valence-corrected chi connectivity index (χ4v) is 7.97. The number of fused-ring (bicyclic) bond motifs is 12. The van der Waals surface area contributed by atoms with Crippen LogP contribution in [0.3, 0.4) is 0 Å². The minimum absolute atomic E-state index is 0.382. The molecule has 2 spiro atoms. The van der Waals surface area contributed by atoms with Gasteiger partial charge in [0.1, 0.15) is 76.3 Å². The highest BCUT2D eigenvalue weighted by Crippen LogP contribution is 2.45. The van der Waals surface area contributed by atoms with E-state index in [1.165, 1.54) is 12.3 Å². The number of hydrogen-bond acceptors (Lipinski definition) is 9. The van der Waals surface area contributed by atoms with Crippen molar-refractivity contribution in [3.8, 4) is 22.8 Å². The number of benzene rings is 2. The maximum atomic E-state index is 13.6. The minimum atomic E-state index is -0.530. The highest BCUT2D eigenvalue weighted by atomic mass is 79.9. The Morgan fingerprint density at radius 1 is 0.640 bits per heavy atom. The van der Waals surface area contributed by atoms with E-state index in [1.807, 2.05) is 60.7 Å². The van der Waals surface area contributed by atoms with Crippen molar-refractivity contribution in [1.29, 1.82) is 0 Å². The average molecular weight is 733 g/mol. The average Bonchev–Trinajstić information content (AvgIpc) is 3.91. The first kappa shape index (κ1) is 29.7. The van der Waals surface area contributed by atoms with Gasteiger partial charge in [-0.1, -0.05) is 36.4 Å². The molecule has 0 bridgehead atoms. The van der Waals surface area contributed by atoms with Crippen molar-refractivity contribution in [3.63, 3.8) is 0 Å². The lowest BCUT2D eigenvalue weighted by atomic mass is 9.91. The Bertz CT molecular complexity index is 2490. The summed E-state index contributed by atoms with van der Waals surface area (Å²) in [6, 6.07) is 26.9. The fraction of sp³-hybridized carbons (Fsp3) is 0.216. The molecule has 5 aromatic heterocycles. The minimum Gasteiger partial charge on any atom is -0.490 e. The van der Waals surface area contributed by atoms with Crippen LogP contribution in [0, 0.1) is 5.95 Å². The van der Waals surface area contributed by atoms with Crippen molar-refractivity contribution in [3.05, 3.63) is 124 Å². The zero-order valence-electron chi connectivity index (χ0n) is 26.4. The lowest BCUT2D eigenvalue weighted by Crippen LogP contribution is -2.45. The molecule has 0 saturated carbocycles. The monoisotopic (exact) mass is 731 g/mol. The van der Waals surface area contributed by atoms with Crippen LogP contribution in [-0.2, 0) is 33.8 Å². The number of rotatable bonds is 1. The predicted octanol–water partition coefficient (Wildman–Crippen LogP) is 6.16. The van der Waals surface area contributed by atoms with Crippen LogP contribution in [0.2, 0.25) is 0 Å². The number of imidazole rings is 2. The van der Waals surface area contributed by atoms with Crippen LogP contribution in [0.4, 0.5) is 4.39 Å². The largest absolute Gasteiger partial charge is 0.490 e. The number of para-hydroxylation sites is 2. The molecule has 248 valence electrons. The maximum absolute atomic E-state index is 13.6. The second-order valence-electron chi connectivity index (χ2n) is 12.7. The Hall–Kier alpha value is -5.24. The van der Waals surface area contributed by atoms with Crippen molar-refractivity contribution in [2.45, 2.75) is 24.3 Å². The summed E-state index contributed by atoms with van der Waals surface area (Å²) < 4.78 is 42.4. The van der Waals surface area contributed by atoms with Crippen LogP contribution in [0.25, 0.3) is 33.6 Å². The van der Waals surface area contributed by atoms with Crippen LogP contribution in [0.5, 0.6) is 11.5 Å².